The van der Waals surface area contributed by atoms with Crippen LogP contribution in [0.1, 0.15) is 31.0 Å². The monoisotopic (exact) mass is 210 g/mol. The van der Waals surface area contributed by atoms with Gasteiger partial charge in [0, 0.05) is 11.9 Å². The summed E-state index contributed by atoms with van der Waals surface area (Å²) in [7, 11) is 0. The molecule has 3 rings (SSSR count). The fourth-order valence-corrected chi connectivity index (χ4v) is 2.98. The molecule has 1 aliphatic heterocycles. The third-order valence-corrected chi connectivity index (χ3v) is 3.89. The minimum atomic E-state index is 0.0757. The number of hydrogen-bond donors (Lipinski definition) is 1. The molecule has 2 aliphatic rings. The van der Waals surface area contributed by atoms with Crippen LogP contribution in [0.4, 0.5) is 0 Å². The van der Waals surface area contributed by atoms with Gasteiger partial charge >= 0.3 is 0 Å². The zero-order valence-corrected chi connectivity index (χ0v) is 8.85. The molecular formula is C10H14N2OS. The number of hydrogen-bond acceptors (Lipinski definition) is 4. The van der Waals surface area contributed by atoms with Crippen LogP contribution in [-0.4, -0.2) is 23.1 Å². The number of nitrogens with one attached hydrogen (secondary N) is 1. The van der Waals surface area contributed by atoms with Gasteiger partial charge in [0.25, 0.3) is 0 Å². The van der Waals surface area contributed by atoms with Gasteiger partial charge in [-0.3, -0.25) is 0 Å². The van der Waals surface area contributed by atoms with Crippen molar-refractivity contribution in [3.05, 3.63) is 17.1 Å². The van der Waals surface area contributed by atoms with Crippen molar-refractivity contribution >= 4 is 11.5 Å². The smallest absolute Gasteiger partial charge is 0.0892 e. The first-order valence-electron chi connectivity index (χ1n) is 5.18. The van der Waals surface area contributed by atoms with Gasteiger partial charge in [-0.1, -0.05) is 0 Å². The number of nitrogens with zero attached hydrogens (tertiary/aromatic N) is 1. The molecule has 0 radical (unpaired) electrons. The lowest BCUT2D eigenvalue weighted by molar-refractivity contribution is -0.146. The maximum atomic E-state index is 5.94. The minimum absolute atomic E-state index is 0.0757. The third kappa shape index (κ3) is 1.21. The van der Waals surface area contributed by atoms with Crippen LogP contribution in [-0.2, 0) is 4.74 Å². The predicted molar refractivity (Wildman–Crippen MR) is 55.4 cm³/mol. The fraction of sp³-hybridized carbons (Fsp3) is 0.700. The van der Waals surface area contributed by atoms with E-state index in [9.17, 15) is 0 Å². The Balaban J connectivity index is 1.88. The number of morpholine rings is 1. The van der Waals surface area contributed by atoms with E-state index in [4.69, 9.17) is 4.74 Å². The van der Waals surface area contributed by atoms with E-state index in [0.29, 0.717) is 6.04 Å². The second-order valence-electron chi connectivity index (χ2n) is 4.08. The Bertz CT molecular complexity index is 308. The van der Waals surface area contributed by atoms with Crippen molar-refractivity contribution < 1.29 is 4.74 Å². The molecule has 14 heavy (non-hydrogen) atoms. The van der Waals surface area contributed by atoms with E-state index in [1.165, 1.54) is 30.8 Å². The van der Waals surface area contributed by atoms with Crippen molar-refractivity contribution in [2.45, 2.75) is 30.9 Å². The molecular weight excluding hydrogens is 196 g/mol. The molecule has 76 valence electrons. The molecule has 1 spiro atoms. The Labute approximate surface area is 87.6 Å². The van der Waals surface area contributed by atoms with Gasteiger partial charge in [0.2, 0.25) is 0 Å². The van der Waals surface area contributed by atoms with Crippen LogP contribution in [0.5, 0.6) is 0 Å². The van der Waals surface area contributed by atoms with Crippen molar-refractivity contribution in [3.8, 4) is 0 Å². The minimum Gasteiger partial charge on any atom is -0.372 e. The molecule has 1 aliphatic carbocycles. The Hall–Kier alpha value is -0.450. The van der Waals surface area contributed by atoms with E-state index in [0.717, 1.165) is 18.8 Å². The molecule has 1 N–H and O–H groups in total. The van der Waals surface area contributed by atoms with Crippen LogP contribution in [0, 0.1) is 0 Å². The summed E-state index contributed by atoms with van der Waals surface area (Å²) in [5.41, 5.74) is 1.24. The second-order valence-corrected chi connectivity index (χ2v) is 4.74. The molecule has 3 nitrogen and oxygen atoms in total. The highest BCUT2D eigenvalue weighted by atomic mass is 32.1. The summed E-state index contributed by atoms with van der Waals surface area (Å²) in [6, 6.07) is 2.44. The summed E-state index contributed by atoms with van der Waals surface area (Å²) in [5, 5.41) is 5.57. The molecule has 1 saturated heterocycles. The molecule has 1 aromatic heterocycles. The highest BCUT2D eigenvalue weighted by Gasteiger charge is 2.48. The standard InChI is InChI=1S/C10H14N2OS/c1-3-10(4-1)9(11-5-6-13-10)8-2-7-14-12-8/h2,7,9,11H,1,3-6H2. The van der Waals surface area contributed by atoms with E-state index in [2.05, 4.69) is 15.8 Å². The van der Waals surface area contributed by atoms with Gasteiger partial charge < -0.3 is 10.1 Å². The Morgan fingerprint density at radius 1 is 1.57 bits per heavy atom. The van der Waals surface area contributed by atoms with Crippen LogP contribution in [0.3, 0.4) is 0 Å². The molecule has 0 amide bonds. The van der Waals surface area contributed by atoms with Crippen molar-refractivity contribution in [3.63, 3.8) is 0 Å². The quantitative estimate of drug-likeness (QED) is 0.766. The van der Waals surface area contributed by atoms with Gasteiger partial charge in [-0.15, -0.1) is 0 Å². The summed E-state index contributed by atoms with van der Waals surface area (Å²) in [6.45, 7) is 1.80. The van der Waals surface area contributed by atoms with Gasteiger partial charge in [0.1, 0.15) is 0 Å². The Morgan fingerprint density at radius 3 is 3.14 bits per heavy atom. The van der Waals surface area contributed by atoms with Gasteiger partial charge in [0.05, 0.1) is 23.9 Å². The average molecular weight is 210 g/mol. The van der Waals surface area contributed by atoms with Crippen LogP contribution in [0.25, 0.3) is 0 Å². The van der Waals surface area contributed by atoms with Crippen molar-refractivity contribution in [1.29, 1.82) is 0 Å². The van der Waals surface area contributed by atoms with E-state index in [1.807, 2.05) is 5.38 Å². The molecule has 2 heterocycles. The Morgan fingerprint density at radius 2 is 2.50 bits per heavy atom. The van der Waals surface area contributed by atoms with Crippen LogP contribution >= 0.6 is 11.5 Å². The van der Waals surface area contributed by atoms with Crippen molar-refractivity contribution in [2.75, 3.05) is 13.2 Å². The maximum absolute atomic E-state index is 5.94. The summed E-state index contributed by atoms with van der Waals surface area (Å²) in [5.74, 6) is 0. The third-order valence-electron chi connectivity index (χ3n) is 3.32. The highest BCUT2D eigenvalue weighted by Crippen LogP contribution is 2.46. The van der Waals surface area contributed by atoms with Gasteiger partial charge in [-0.05, 0) is 36.9 Å². The lowest BCUT2D eigenvalue weighted by Gasteiger charge is -2.49. The van der Waals surface area contributed by atoms with Gasteiger partial charge in [-0.25, -0.2) is 0 Å². The topological polar surface area (TPSA) is 34.1 Å². The summed E-state index contributed by atoms with van der Waals surface area (Å²) in [4.78, 5) is 0. The van der Waals surface area contributed by atoms with Gasteiger partial charge in [-0.2, -0.15) is 4.37 Å². The molecule has 1 saturated carbocycles. The van der Waals surface area contributed by atoms with E-state index in [-0.39, 0.29) is 5.60 Å². The number of aromatic nitrogens is 1. The number of ether oxygens (including phenoxy) is 1. The van der Waals surface area contributed by atoms with E-state index < -0.39 is 0 Å². The SMILES string of the molecule is c1cc(C2NCCOC23CCC3)ns1. The highest BCUT2D eigenvalue weighted by molar-refractivity contribution is 7.03. The molecule has 2 fully saturated rings. The summed E-state index contributed by atoms with van der Waals surface area (Å²) < 4.78 is 10.4. The fourth-order valence-electron chi connectivity index (χ4n) is 2.43. The first-order chi connectivity index (χ1) is 6.91. The first-order valence-corrected chi connectivity index (χ1v) is 6.02. The van der Waals surface area contributed by atoms with Crippen LogP contribution in [0.15, 0.2) is 11.4 Å². The maximum Gasteiger partial charge on any atom is 0.0892 e. The molecule has 1 atom stereocenters. The number of rotatable bonds is 1. The average Bonchev–Trinajstić information content (AvgIpc) is 2.68. The lowest BCUT2D eigenvalue weighted by Crippen LogP contribution is -2.56. The van der Waals surface area contributed by atoms with E-state index in [1.54, 1.807) is 0 Å². The van der Waals surface area contributed by atoms with Crippen LogP contribution < -0.4 is 5.32 Å². The van der Waals surface area contributed by atoms with Crippen LogP contribution in [0.2, 0.25) is 0 Å². The summed E-state index contributed by atoms with van der Waals surface area (Å²) in [6.07, 6.45) is 3.66. The van der Waals surface area contributed by atoms with E-state index >= 15 is 0 Å². The lowest BCUT2D eigenvalue weighted by atomic mass is 9.72. The zero-order chi connectivity index (χ0) is 9.43. The largest absolute Gasteiger partial charge is 0.372 e. The van der Waals surface area contributed by atoms with Gasteiger partial charge in [0.15, 0.2) is 0 Å². The molecule has 0 bridgehead atoms. The molecule has 1 aromatic rings. The van der Waals surface area contributed by atoms with Crippen molar-refractivity contribution in [1.82, 2.24) is 9.69 Å². The zero-order valence-electron chi connectivity index (χ0n) is 8.03. The van der Waals surface area contributed by atoms with Crippen molar-refractivity contribution in [2.24, 2.45) is 0 Å². The summed E-state index contributed by atoms with van der Waals surface area (Å²) >= 11 is 1.52. The molecule has 0 aromatic carbocycles. The normalized spacial score (nSPS) is 30.1. The predicted octanol–water partition coefficient (Wildman–Crippen LogP) is 1.73. The Kier molecular flexibility index (Phi) is 2.08. The molecule has 4 heteroatoms. The second kappa shape index (κ2) is 3.29. The molecule has 1 unspecified atom stereocenters. The first kappa shape index (κ1) is 8.83.